The number of aromatic nitrogens is 1. The van der Waals surface area contributed by atoms with Gasteiger partial charge in [0.05, 0.1) is 7.11 Å². The summed E-state index contributed by atoms with van der Waals surface area (Å²) in [5.41, 5.74) is 7.48. The second-order valence-corrected chi connectivity index (χ2v) is 7.08. The van der Waals surface area contributed by atoms with Crippen LogP contribution in [0.15, 0.2) is 47.6 Å². The minimum absolute atomic E-state index is 0.297. The SMILES string of the molecule is COC(=O)C(C)(C)Sc1ccncc1-c1ccc(C(N)=O)cc1. The largest absolute Gasteiger partial charge is 0.468 e. The van der Waals surface area contributed by atoms with E-state index in [9.17, 15) is 9.59 Å². The lowest BCUT2D eigenvalue weighted by Gasteiger charge is -2.22. The van der Waals surface area contributed by atoms with Gasteiger partial charge in [0.15, 0.2) is 0 Å². The number of ether oxygens (including phenoxy) is 1. The van der Waals surface area contributed by atoms with Crippen molar-refractivity contribution in [1.29, 1.82) is 0 Å². The maximum Gasteiger partial charge on any atom is 0.321 e. The molecule has 0 saturated heterocycles. The van der Waals surface area contributed by atoms with Crippen LogP contribution in [0.5, 0.6) is 0 Å². The molecule has 5 nitrogen and oxygen atoms in total. The van der Waals surface area contributed by atoms with E-state index in [0.717, 1.165) is 16.0 Å². The molecule has 0 bridgehead atoms. The van der Waals surface area contributed by atoms with Crippen molar-refractivity contribution >= 4 is 23.6 Å². The number of primary amides is 1. The van der Waals surface area contributed by atoms with Crippen molar-refractivity contribution < 1.29 is 14.3 Å². The van der Waals surface area contributed by atoms with Crippen molar-refractivity contribution in [1.82, 2.24) is 4.98 Å². The number of rotatable bonds is 5. The van der Waals surface area contributed by atoms with Crippen LogP contribution in [0.25, 0.3) is 11.1 Å². The van der Waals surface area contributed by atoms with Crippen molar-refractivity contribution in [3.63, 3.8) is 0 Å². The molecule has 0 saturated carbocycles. The molecule has 2 N–H and O–H groups in total. The molecule has 1 aromatic carbocycles. The number of nitrogens with two attached hydrogens (primary N) is 1. The van der Waals surface area contributed by atoms with Crippen LogP contribution in [0.1, 0.15) is 24.2 Å². The van der Waals surface area contributed by atoms with Gasteiger partial charge in [0.1, 0.15) is 4.75 Å². The van der Waals surface area contributed by atoms with Crippen LogP contribution in [-0.4, -0.2) is 28.7 Å². The quantitative estimate of drug-likeness (QED) is 0.673. The fraction of sp³-hybridized carbons (Fsp3) is 0.235. The average molecular weight is 330 g/mol. The van der Waals surface area contributed by atoms with E-state index < -0.39 is 10.7 Å². The molecule has 0 aliphatic rings. The summed E-state index contributed by atoms with van der Waals surface area (Å²) in [5.74, 6) is -0.765. The van der Waals surface area contributed by atoms with Crippen LogP contribution in [-0.2, 0) is 9.53 Å². The topological polar surface area (TPSA) is 82.3 Å². The van der Waals surface area contributed by atoms with E-state index in [4.69, 9.17) is 10.5 Å². The Morgan fingerprint density at radius 1 is 1.17 bits per heavy atom. The second kappa shape index (κ2) is 6.83. The Labute approximate surface area is 139 Å². The fourth-order valence-electron chi connectivity index (χ4n) is 2.06. The highest BCUT2D eigenvalue weighted by molar-refractivity contribution is 8.01. The third-order valence-electron chi connectivity index (χ3n) is 3.30. The number of benzene rings is 1. The Balaban J connectivity index is 2.38. The molecule has 0 radical (unpaired) electrons. The van der Waals surface area contributed by atoms with Crippen molar-refractivity contribution in [3.8, 4) is 11.1 Å². The van der Waals surface area contributed by atoms with E-state index in [1.165, 1.54) is 18.9 Å². The van der Waals surface area contributed by atoms with Gasteiger partial charge in [-0.1, -0.05) is 12.1 Å². The lowest BCUT2D eigenvalue weighted by atomic mass is 10.1. The Hall–Kier alpha value is -2.34. The molecule has 0 spiro atoms. The van der Waals surface area contributed by atoms with Crippen LogP contribution >= 0.6 is 11.8 Å². The maximum absolute atomic E-state index is 11.9. The molecule has 6 heteroatoms. The number of hydrogen-bond donors (Lipinski definition) is 1. The van der Waals surface area contributed by atoms with Gasteiger partial charge in [-0.05, 0) is 37.6 Å². The van der Waals surface area contributed by atoms with Crippen molar-refractivity contribution in [2.24, 2.45) is 5.73 Å². The van der Waals surface area contributed by atoms with E-state index in [0.29, 0.717) is 5.56 Å². The van der Waals surface area contributed by atoms with Crippen LogP contribution in [0.2, 0.25) is 0 Å². The zero-order chi connectivity index (χ0) is 17.0. The summed E-state index contributed by atoms with van der Waals surface area (Å²) in [7, 11) is 1.38. The van der Waals surface area contributed by atoms with Crippen LogP contribution in [0, 0.1) is 0 Å². The molecule has 1 amide bonds. The fourth-order valence-corrected chi connectivity index (χ4v) is 3.19. The van der Waals surface area contributed by atoms with Crippen molar-refractivity contribution in [2.75, 3.05) is 7.11 Å². The number of carbonyl (C=O) groups excluding carboxylic acids is 2. The first-order valence-corrected chi connectivity index (χ1v) is 7.78. The number of thioether (sulfide) groups is 1. The molecular formula is C17H18N2O3S. The second-order valence-electron chi connectivity index (χ2n) is 5.42. The van der Waals surface area contributed by atoms with Gasteiger partial charge >= 0.3 is 5.97 Å². The molecule has 0 fully saturated rings. The first-order valence-electron chi connectivity index (χ1n) is 6.97. The highest BCUT2D eigenvalue weighted by Crippen LogP contribution is 2.39. The zero-order valence-electron chi connectivity index (χ0n) is 13.2. The van der Waals surface area contributed by atoms with E-state index >= 15 is 0 Å². The predicted octanol–water partition coefficient (Wildman–Crippen LogP) is 2.89. The maximum atomic E-state index is 11.9. The molecule has 0 aliphatic heterocycles. The monoisotopic (exact) mass is 330 g/mol. The molecule has 23 heavy (non-hydrogen) atoms. The molecule has 2 aromatic rings. The van der Waals surface area contributed by atoms with Crippen molar-refractivity contribution in [2.45, 2.75) is 23.5 Å². The van der Waals surface area contributed by atoms with E-state index in [1.54, 1.807) is 24.5 Å². The number of pyridine rings is 1. The van der Waals surface area contributed by atoms with Gasteiger partial charge in [-0.3, -0.25) is 14.6 Å². The van der Waals surface area contributed by atoms with Crippen LogP contribution in [0.3, 0.4) is 0 Å². The van der Waals surface area contributed by atoms with E-state index in [2.05, 4.69) is 4.98 Å². The molecule has 1 aromatic heterocycles. The van der Waals surface area contributed by atoms with Gasteiger partial charge in [-0.2, -0.15) is 0 Å². The summed E-state index contributed by atoms with van der Waals surface area (Å²) in [6.45, 7) is 3.62. The summed E-state index contributed by atoms with van der Waals surface area (Å²) >= 11 is 1.40. The van der Waals surface area contributed by atoms with Crippen LogP contribution in [0.4, 0.5) is 0 Å². The standard InChI is InChI=1S/C17H18N2O3S/c1-17(2,16(21)22-3)23-14-8-9-19-10-13(14)11-4-6-12(7-5-11)15(18)20/h4-10H,1-3H3,(H2,18,20). The number of esters is 1. The van der Waals surface area contributed by atoms with E-state index in [1.807, 2.05) is 32.0 Å². The minimum atomic E-state index is -0.724. The number of carbonyl (C=O) groups is 2. The summed E-state index contributed by atoms with van der Waals surface area (Å²) < 4.78 is 4.12. The smallest absolute Gasteiger partial charge is 0.321 e. The molecular weight excluding hydrogens is 312 g/mol. The minimum Gasteiger partial charge on any atom is -0.468 e. The molecule has 0 atom stereocenters. The Morgan fingerprint density at radius 3 is 2.39 bits per heavy atom. The molecule has 2 rings (SSSR count). The summed E-state index contributed by atoms with van der Waals surface area (Å²) in [6, 6.07) is 8.82. The summed E-state index contributed by atoms with van der Waals surface area (Å²) in [5, 5.41) is 0. The predicted molar refractivity (Wildman–Crippen MR) is 90.1 cm³/mol. The highest BCUT2D eigenvalue weighted by Gasteiger charge is 2.31. The van der Waals surface area contributed by atoms with Crippen LogP contribution < -0.4 is 5.73 Å². The molecule has 120 valence electrons. The first kappa shape index (κ1) is 17.0. The summed E-state index contributed by atoms with van der Waals surface area (Å²) in [6.07, 6.45) is 3.41. The van der Waals surface area contributed by atoms with Gasteiger partial charge < -0.3 is 10.5 Å². The lowest BCUT2D eigenvalue weighted by molar-refractivity contribution is -0.142. The third-order valence-corrected chi connectivity index (χ3v) is 4.56. The Morgan fingerprint density at radius 2 is 1.83 bits per heavy atom. The van der Waals surface area contributed by atoms with E-state index in [-0.39, 0.29) is 5.97 Å². The zero-order valence-corrected chi connectivity index (χ0v) is 14.0. The van der Waals surface area contributed by atoms with Gasteiger partial charge in [0.25, 0.3) is 0 Å². The Kier molecular flexibility index (Phi) is 5.05. The summed E-state index contributed by atoms with van der Waals surface area (Å²) in [4.78, 5) is 28.1. The van der Waals surface area contributed by atoms with Crippen molar-refractivity contribution in [3.05, 3.63) is 48.3 Å². The lowest BCUT2D eigenvalue weighted by Crippen LogP contribution is -2.28. The van der Waals surface area contributed by atoms with Gasteiger partial charge in [-0.25, -0.2) is 0 Å². The molecule has 1 heterocycles. The molecule has 0 aliphatic carbocycles. The third kappa shape index (κ3) is 3.90. The number of amides is 1. The number of nitrogens with zero attached hydrogens (tertiary/aromatic N) is 1. The molecule has 0 unspecified atom stereocenters. The highest BCUT2D eigenvalue weighted by atomic mass is 32.2. The van der Waals surface area contributed by atoms with Gasteiger partial charge in [-0.15, -0.1) is 11.8 Å². The first-order chi connectivity index (χ1) is 10.8. The number of hydrogen-bond acceptors (Lipinski definition) is 5. The normalized spacial score (nSPS) is 11.1. The average Bonchev–Trinajstić information content (AvgIpc) is 2.54. The number of methoxy groups -OCH3 is 1. The van der Waals surface area contributed by atoms with Gasteiger partial charge in [0, 0.05) is 28.4 Å². The Bertz CT molecular complexity index is 727. The van der Waals surface area contributed by atoms with Gasteiger partial charge in [0.2, 0.25) is 5.91 Å².